The van der Waals surface area contributed by atoms with Crippen LogP contribution in [0.5, 0.6) is 0 Å². The molecule has 2 aromatic heterocycles. The molecule has 0 radical (unpaired) electrons. The van der Waals surface area contributed by atoms with E-state index < -0.39 is 11.4 Å². The number of carbonyl (C=O) groups is 1. The molecule has 1 atom stereocenters. The lowest BCUT2D eigenvalue weighted by atomic mass is 9.77. The number of aliphatic carboxylic acids is 1. The van der Waals surface area contributed by atoms with E-state index in [2.05, 4.69) is 15.0 Å². The molecule has 1 aliphatic heterocycles. The summed E-state index contributed by atoms with van der Waals surface area (Å²) >= 11 is 0. The molecule has 1 unspecified atom stereocenters. The van der Waals surface area contributed by atoms with Crippen molar-refractivity contribution in [1.82, 2.24) is 14.6 Å². The number of nitrogens with zero attached hydrogens (tertiary/aromatic N) is 4. The standard InChI is InChI=1S/C14H18N4O2/c1-2-14(13(19)20)6-3-8-17(10-14)11-5-9-18-12(16-11)4-7-15-18/h4-5,7,9H,2-3,6,8,10H2,1H3,(H,19,20). The van der Waals surface area contributed by atoms with E-state index in [0.29, 0.717) is 13.0 Å². The minimum atomic E-state index is -0.699. The molecule has 0 bridgehead atoms. The van der Waals surface area contributed by atoms with Crippen LogP contribution in [0.25, 0.3) is 5.65 Å². The third kappa shape index (κ3) is 2.01. The van der Waals surface area contributed by atoms with Gasteiger partial charge in [0.15, 0.2) is 5.65 Å². The molecule has 0 saturated carbocycles. The maximum atomic E-state index is 11.6. The van der Waals surface area contributed by atoms with Gasteiger partial charge in [0.1, 0.15) is 5.82 Å². The summed E-state index contributed by atoms with van der Waals surface area (Å²) in [5, 5.41) is 13.7. The Kier molecular flexibility index (Phi) is 3.08. The summed E-state index contributed by atoms with van der Waals surface area (Å²) in [6.45, 7) is 3.33. The second kappa shape index (κ2) is 4.77. The minimum Gasteiger partial charge on any atom is -0.481 e. The van der Waals surface area contributed by atoms with Gasteiger partial charge in [0.2, 0.25) is 0 Å². The molecule has 1 N–H and O–H groups in total. The average Bonchev–Trinajstić information content (AvgIpc) is 2.94. The first-order chi connectivity index (χ1) is 9.64. The van der Waals surface area contributed by atoms with E-state index in [4.69, 9.17) is 0 Å². The van der Waals surface area contributed by atoms with Crippen molar-refractivity contribution in [2.45, 2.75) is 26.2 Å². The molecule has 3 heterocycles. The number of carboxylic acids is 1. The maximum absolute atomic E-state index is 11.6. The highest BCUT2D eigenvalue weighted by Crippen LogP contribution is 2.35. The van der Waals surface area contributed by atoms with Crippen molar-refractivity contribution >= 4 is 17.4 Å². The van der Waals surface area contributed by atoms with Gasteiger partial charge in [0, 0.05) is 25.4 Å². The molecular formula is C14H18N4O2. The van der Waals surface area contributed by atoms with E-state index in [0.717, 1.165) is 30.9 Å². The Morgan fingerprint density at radius 1 is 1.50 bits per heavy atom. The van der Waals surface area contributed by atoms with Gasteiger partial charge in [-0.15, -0.1) is 0 Å². The molecule has 6 heteroatoms. The quantitative estimate of drug-likeness (QED) is 0.924. The van der Waals surface area contributed by atoms with Gasteiger partial charge in [-0.2, -0.15) is 5.10 Å². The monoisotopic (exact) mass is 274 g/mol. The number of rotatable bonds is 3. The average molecular weight is 274 g/mol. The number of piperidine rings is 1. The highest BCUT2D eigenvalue weighted by molar-refractivity contribution is 5.76. The lowest BCUT2D eigenvalue weighted by molar-refractivity contribution is -0.149. The van der Waals surface area contributed by atoms with Gasteiger partial charge < -0.3 is 10.0 Å². The van der Waals surface area contributed by atoms with E-state index in [1.807, 2.05) is 25.3 Å². The Morgan fingerprint density at radius 2 is 2.35 bits per heavy atom. The summed E-state index contributed by atoms with van der Waals surface area (Å²) in [6, 6.07) is 3.74. The molecule has 1 saturated heterocycles. The fraction of sp³-hybridized carbons (Fsp3) is 0.500. The van der Waals surface area contributed by atoms with Gasteiger partial charge in [0.25, 0.3) is 0 Å². The smallest absolute Gasteiger partial charge is 0.311 e. The molecule has 1 aliphatic rings. The van der Waals surface area contributed by atoms with Gasteiger partial charge in [-0.3, -0.25) is 4.79 Å². The fourth-order valence-corrected chi connectivity index (χ4v) is 2.92. The number of hydrogen-bond acceptors (Lipinski definition) is 4. The molecule has 106 valence electrons. The van der Waals surface area contributed by atoms with Crippen LogP contribution in [0.4, 0.5) is 5.82 Å². The van der Waals surface area contributed by atoms with E-state index in [1.165, 1.54) is 0 Å². The zero-order valence-electron chi connectivity index (χ0n) is 11.5. The second-order valence-electron chi connectivity index (χ2n) is 5.38. The number of hydrogen-bond donors (Lipinski definition) is 1. The van der Waals surface area contributed by atoms with Gasteiger partial charge in [0.05, 0.1) is 11.6 Å². The summed E-state index contributed by atoms with van der Waals surface area (Å²) in [6.07, 6.45) is 5.83. The van der Waals surface area contributed by atoms with Crippen molar-refractivity contribution in [1.29, 1.82) is 0 Å². The predicted molar refractivity (Wildman–Crippen MR) is 74.8 cm³/mol. The van der Waals surface area contributed by atoms with Crippen molar-refractivity contribution in [3.63, 3.8) is 0 Å². The number of aromatic nitrogens is 3. The first-order valence-electron chi connectivity index (χ1n) is 6.93. The molecule has 0 aliphatic carbocycles. The Bertz CT molecular complexity index is 639. The Balaban J connectivity index is 1.91. The van der Waals surface area contributed by atoms with Crippen LogP contribution >= 0.6 is 0 Å². The maximum Gasteiger partial charge on any atom is 0.311 e. The van der Waals surface area contributed by atoms with Crippen LogP contribution in [-0.2, 0) is 4.79 Å². The first-order valence-corrected chi connectivity index (χ1v) is 6.93. The zero-order valence-corrected chi connectivity index (χ0v) is 11.5. The van der Waals surface area contributed by atoms with E-state index in [1.54, 1.807) is 10.7 Å². The molecule has 2 aromatic rings. The Labute approximate surface area is 117 Å². The van der Waals surface area contributed by atoms with Crippen molar-refractivity contribution in [2.24, 2.45) is 5.41 Å². The van der Waals surface area contributed by atoms with Crippen molar-refractivity contribution < 1.29 is 9.90 Å². The topological polar surface area (TPSA) is 70.7 Å². The third-order valence-corrected chi connectivity index (χ3v) is 4.27. The highest BCUT2D eigenvalue weighted by atomic mass is 16.4. The predicted octanol–water partition coefficient (Wildman–Crippen LogP) is 1.81. The summed E-state index contributed by atoms with van der Waals surface area (Å²) in [4.78, 5) is 18.2. The van der Waals surface area contributed by atoms with Crippen LogP contribution < -0.4 is 4.90 Å². The Hall–Kier alpha value is -2.11. The third-order valence-electron chi connectivity index (χ3n) is 4.27. The van der Waals surface area contributed by atoms with Crippen LogP contribution in [0.1, 0.15) is 26.2 Å². The molecule has 6 nitrogen and oxygen atoms in total. The second-order valence-corrected chi connectivity index (χ2v) is 5.38. The van der Waals surface area contributed by atoms with Crippen LogP contribution in [0.2, 0.25) is 0 Å². The number of fused-ring (bicyclic) bond motifs is 1. The van der Waals surface area contributed by atoms with Gasteiger partial charge in [-0.05, 0) is 25.3 Å². The van der Waals surface area contributed by atoms with Crippen LogP contribution in [0, 0.1) is 5.41 Å². The number of carboxylic acid groups (broad SMARTS) is 1. The van der Waals surface area contributed by atoms with Crippen LogP contribution in [0.3, 0.4) is 0 Å². The zero-order chi connectivity index (χ0) is 14.2. The van der Waals surface area contributed by atoms with E-state index in [-0.39, 0.29) is 0 Å². The largest absolute Gasteiger partial charge is 0.481 e. The molecule has 0 spiro atoms. The molecular weight excluding hydrogens is 256 g/mol. The lowest BCUT2D eigenvalue weighted by Crippen LogP contribution is -2.47. The first kappa shape index (κ1) is 12.9. The summed E-state index contributed by atoms with van der Waals surface area (Å²) in [5.74, 6) is 0.131. The van der Waals surface area contributed by atoms with Crippen molar-refractivity contribution in [2.75, 3.05) is 18.0 Å². The summed E-state index contributed by atoms with van der Waals surface area (Å²) < 4.78 is 1.71. The van der Waals surface area contributed by atoms with Gasteiger partial charge >= 0.3 is 5.97 Å². The number of anilines is 1. The SMILES string of the molecule is CCC1(C(=O)O)CCCN(c2ccn3nccc3n2)C1. The lowest BCUT2D eigenvalue weighted by Gasteiger charge is -2.40. The van der Waals surface area contributed by atoms with Gasteiger partial charge in [-0.1, -0.05) is 6.92 Å². The summed E-state index contributed by atoms with van der Waals surface area (Å²) in [7, 11) is 0. The van der Waals surface area contributed by atoms with Crippen LogP contribution in [-0.4, -0.2) is 38.8 Å². The fourth-order valence-electron chi connectivity index (χ4n) is 2.92. The van der Waals surface area contributed by atoms with E-state index >= 15 is 0 Å². The molecule has 1 fully saturated rings. The molecule has 0 aromatic carbocycles. The summed E-state index contributed by atoms with van der Waals surface area (Å²) in [5.41, 5.74) is 0.136. The molecule has 20 heavy (non-hydrogen) atoms. The molecule has 0 amide bonds. The van der Waals surface area contributed by atoms with Crippen LogP contribution in [0.15, 0.2) is 24.5 Å². The molecule has 3 rings (SSSR count). The normalized spacial score (nSPS) is 23.1. The van der Waals surface area contributed by atoms with Crippen molar-refractivity contribution in [3.8, 4) is 0 Å². The van der Waals surface area contributed by atoms with Crippen molar-refractivity contribution in [3.05, 3.63) is 24.5 Å². The Morgan fingerprint density at radius 3 is 3.10 bits per heavy atom. The minimum absolute atomic E-state index is 0.524. The van der Waals surface area contributed by atoms with Gasteiger partial charge in [-0.25, -0.2) is 9.50 Å². The van der Waals surface area contributed by atoms with E-state index in [9.17, 15) is 9.90 Å². The highest BCUT2D eigenvalue weighted by Gasteiger charge is 2.41.